The lowest BCUT2D eigenvalue weighted by Crippen LogP contribution is -2.17. The van der Waals surface area contributed by atoms with Crippen LogP contribution in [0.5, 0.6) is 0 Å². The van der Waals surface area contributed by atoms with Gasteiger partial charge in [0.05, 0.1) is 11.8 Å². The van der Waals surface area contributed by atoms with Crippen molar-refractivity contribution >= 4 is 28.9 Å². The number of hydrogen-bond acceptors (Lipinski definition) is 4. The number of aromatic carboxylic acids is 1. The molecule has 0 saturated heterocycles. The molecule has 142 valence electrons. The molecule has 4 rings (SSSR count). The van der Waals surface area contributed by atoms with Gasteiger partial charge in [0.25, 0.3) is 5.91 Å². The highest BCUT2D eigenvalue weighted by Crippen LogP contribution is 2.25. The number of rotatable bonds is 5. The van der Waals surface area contributed by atoms with Crippen molar-refractivity contribution in [2.24, 2.45) is 5.10 Å². The Labute approximate surface area is 166 Å². The largest absolute Gasteiger partial charge is 0.478 e. The predicted molar refractivity (Wildman–Crippen MR) is 110 cm³/mol. The monoisotopic (exact) mass is 384 g/mol. The summed E-state index contributed by atoms with van der Waals surface area (Å²) in [5.74, 6) is -0.575. The predicted octanol–water partition coefficient (Wildman–Crippen LogP) is 4.56. The van der Waals surface area contributed by atoms with Crippen molar-refractivity contribution < 1.29 is 19.1 Å². The lowest BCUT2D eigenvalue weighted by Gasteiger charge is -2.02. The van der Waals surface area contributed by atoms with Crippen LogP contribution in [0, 0.1) is 0 Å². The van der Waals surface area contributed by atoms with E-state index in [0.717, 1.165) is 10.8 Å². The Kier molecular flexibility index (Phi) is 4.90. The van der Waals surface area contributed by atoms with Gasteiger partial charge in [-0.05, 0) is 41.1 Å². The van der Waals surface area contributed by atoms with E-state index in [1.165, 1.54) is 12.3 Å². The van der Waals surface area contributed by atoms with Gasteiger partial charge in [-0.3, -0.25) is 4.79 Å². The first kappa shape index (κ1) is 18.2. The molecule has 6 nitrogen and oxygen atoms in total. The third kappa shape index (κ3) is 3.91. The molecule has 0 aliphatic rings. The molecule has 4 aromatic rings. The number of nitrogens with zero attached hydrogens (tertiary/aromatic N) is 1. The molecule has 3 aromatic carbocycles. The third-order valence-electron chi connectivity index (χ3n) is 4.42. The van der Waals surface area contributed by atoms with Crippen molar-refractivity contribution in [2.45, 2.75) is 0 Å². The van der Waals surface area contributed by atoms with Gasteiger partial charge in [-0.2, -0.15) is 5.10 Å². The zero-order valence-corrected chi connectivity index (χ0v) is 15.2. The van der Waals surface area contributed by atoms with Crippen LogP contribution < -0.4 is 5.43 Å². The molecule has 0 unspecified atom stereocenters. The van der Waals surface area contributed by atoms with Gasteiger partial charge in [0.2, 0.25) is 0 Å². The van der Waals surface area contributed by atoms with E-state index in [0.29, 0.717) is 22.6 Å². The van der Waals surface area contributed by atoms with Crippen molar-refractivity contribution in [3.8, 4) is 11.3 Å². The van der Waals surface area contributed by atoms with E-state index in [1.807, 2.05) is 30.3 Å². The van der Waals surface area contributed by atoms with E-state index >= 15 is 0 Å². The van der Waals surface area contributed by atoms with E-state index in [1.54, 1.807) is 42.5 Å². The molecule has 0 radical (unpaired) electrons. The fraction of sp³-hybridized carbons (Fsp3) is 0. The molecule has 0 saturated carbocycles. The fourth-order valence-electron chi connectivity index (χ4n) is 3.00. The Morgan fingerprint density at radius 3 is 2.48 bits per heavy atom. The van der Waals surface area contributed by atoms with Crippen molar-refractivity contribution in [2.75, 3.05) is 0 Å². The Morgan fingerprint density at radius 2 is 1.66 bits per heavy atom. The molecule has 29 heavy (non-hydrogen) atoms. The number of fused-ring (bicyclic) bond motifs is 1. The van der Waals surface area contributed by atoms with E-state index < -0.39 is 5.97 Å². The van der Waals surface area contributed by atoms with E-state index in [2.05, 4.69) is 10.5 Å². The molecule has 2 N–H and O–H groups in total. The number of amides is 1. The molecule has 0 fully saturated rings. The first-order valence-corrected chi connectivity index (χ1v) is 8.86. The maximum absolute atomic E-state index is 12.3. The second-order valence-corrected chi connectivity index (χ2v) is 6.31. The van der Waals surface area contributed by atoms with Gasteiger partial charge in [-0.25, -0.2) is 10.2 Å². The molecule has 0 bridgehead atoms. The minimum Gasteiger partial charge on any atom is -0.478 e. The van der Waals surface area contributed by atoms with E-state index in [4.69, 9.17) is 4.42 Å². The highest BCUT2D eigenvalue weighted by molar-refractivity contribution is 5.99. The van der Waals surface area contributed by atoms with Crippen molar-refractivity contribution in [3.63, 3.8) is 0 Å². The van der Waals surface area contributed by atoms with Crippen LogP contribution >= 0.6 is 0 Å². The van der Waals surface area contributed by atoms with Crippen LogP contribution in [-0.4, -0.2) is 23.2 Å². The smallest absolute Gasteiger partial charge is 0.336 e. The van der Waals surface area contributed by atoms with Crippen LogP contribution in [0.4, 0.5) is 0 Å². The zero-order valence-electron chi connectivity index (χ0n) is 15.2. The molecular weight excluding hydrogens is 368 g/mol. The summed E-state index contributed by atoms with van der Waals surface area (Å²) in [6, 6.07) is 23.1. The highest BCUT2D eigenvalue weighted by Gasteiger charge is 2.13. The summed E-state index contributed by atoms with van der Waals surface area (Å²) in [4.78, 5) is 23.7. The summed E-state index contributed by atoms with van der Waals surface area (Å²) in [6.45, 7) is 0. The summed E-state index contributed by atoms with van der Waals surface area (Å²) in [6.07, 6.45) is 1.37. The normalized spacial score (nSPS) is 11.0. The number of carbonyl (C=O) groups excluding carboxylic acids is 1. The van der Waals surface area contributed by atoms with Gasteiger partial charge >= 0.3 is 5.97 Å². The quantitative estimate of drug-likeness (QED) is 0.390. The molecule has 0 aliphatic carbocycles. The minimum atomic E-state index is -1.03. The maximum atomic E-state index is 12.3. The Balaban J connectivity index is 1.47. The number of carboxylic acids is 1. The number of nitrogens with one attached hydrogen (secondary N) is 1. The fourth-order valence-corrected chi connectivity index (χ4v) is 3.00. The van der Waals surface area contributed by atoms with E-state index in [9.17, 15) is 14.7 Å². The highest BCUT2D eigenvalue weighted by atomic mass is 16.4. The zero-order chi connectivity index (χ0) is 20.2. The topological polar surface area (TPSA) is 91.9 Å². The van der Waals surface area contributed by atoms with Gasteiger partial charge in [0.1, 0.15) is 11.5 Å². The number of hydrazone groups is 1. The average molecular weight is 384 g/mol. The Morgan fingerprint density at radius 1 is 0.897 bits per heavy atom. The first-order chi connectivity index (χ1) is 14.1. The molecule has 1 amide bonds. The van der Waals surface area contributed by atoms with Crippen molar-refractivity contribution in [3.05, 3.63) is 95.7 Å². The number of carbonyl (C=O) groups is 2. The lowest BCUT2D eigenvalue weighted by molar-refractivity contribution is 0.0697. The number of hydrogen-bond donors (Lipinski definition) is 2. The molecular formula is C23H16N2O4. The van der Waals surface area contributed by atoms with Crippen LogP contribution in [0.15, 0.2) is 88.4 Å². The third-order valence-corrected chi connectivity index (χ3v) is 4.42. The van der Waals surface area contributed by atoms with Gasteiger partial charge < -0.3 is 9.52 Å². The SMILES string of the molecule is O=C(N/N=C\c1ccc(-c2ccccc2C(=O)O)o1)c1ccc2ccccc2c1. The number of carboxylic acid groups (broad SMARTS) is 1. The van der Waals surface area contributed by atoms with Crippen LogP contribution in [0.1, 0.15) is 26.5 Å². The van der Waals surface area contributed by atoms with Gasteiger partial charge in [-0.15, -0.1) is 0 Å². The maximum Gasteiger partial charge on any atom is 0.336 e. The van der Waals surface area contributed by atoms with Crippen LogP contribution in [0.3, 0.4) is 0 Å². The second kappa shape index (κ2) is 7.82. The van der Waals surface area contributed by atoms with Crippen LogP contribution in [0.2, 0.25) is 0 Å². The van der Waals surface area contributed by atoms with E-state index in [-0.39, 0.29) is 11.5 Å². The van der Waals surface area contributed by atoms with Gasteiger partial charge in [-0.1, -0.05) is 48.5 Å². The van der Waals surface area contributed by atoms with Crippen LogP contribution in [-0.2, 0) is 0 Å². The minimum absolute atomic E-state index is 0.148. The molecule has 0 aliphatic heterocycles. The van der Waals surface area contributed by atoms with Crippen LogP contribution in [0.25, 0.3) is 22.1 Å². The number of benzene rings is 3. The molecule has 0 spiro atoms. The molecule has 0 atom stereocenters. The first-order valence-electron chi connectivity index (χ1n) is 8.86. The summed E-state index contributed by atoms with van der Waals surface area (Å²) >= 11 is 0. The average Bonchev–Trinajstić information content (AvgIpc) is 3.22. The summed E-state index contributed by atoms with van der Waals surface area (Å²) in [5.41, 5.74) is 3.58. The standard InChI is InChI=1S/C23H16N2O4/c26-22(17-10-9-15-5-1-2-6-16(15)13-17)25-24-14-18-11-12-21(29-18)19-7-3-4-8-20(19)23(27)28/h1-14H,(H,25,26)(H,27,28)/b24-14-. The molecule has 1 heterocycles. The molecule has 6 heteroatoms. The molecule has 1 aromatic heterocycles. The summed E-state index contributed by atoms with van der Waals surface area (Å²) in [7, 11) is 0. The Hall–Kier alpha value is -4.19. The number of furan rings is 1. The van der Waals surface area contributed by atoms with Crippen molar-refractivity contribution in [1.29, 1.82) is 0 Å². The second-order valence-electron chi connectivity index (χ2n) is 6.31. The van der Waals surface area contributed by atoms with Crippen molar-refractivity contribution in [1.82, 2.24) is 5.43 Å². The lowest BCUT2D eigenvalue weighted by atomic mass is 10.1. The Bertz CT molecular complexity index is 1240. The summed E-state index contributed by atoms with van der Waals surface area (Å²) in [5, 5.41) is 15.2. The van der Waals surface area contributed by atoms with Gasteiger partial charge in [0, 0.05) is 11.1 Å². The van der Waals surface area contributed by atoms with Gasteiger partial charge in [0.15, 0.2) is 0 Å². The summed E-state index contributed by atoms with van der Waals surface area (Å²) < 4.78 is 5.64.